The van der Waals surface area contributed by atoms with Crippen LogP contribution < -0.4 is 0 Å². The predicted molar refractivity (Wildman–Crippen MR) is 82.8 cm³/mol. The van der Waals surface area contributed by atoms with Gasteiger partial charge in [-0.3, -0.25) is 4.98 Å². The van der Waals surface area contributed by atoms with Crippen LogP contribution in [0.3, 0.4) is 0 Å². The summed E-state index contributed by atoms with van der Waals surface area (Å²) in [6.07, 6.45) is 3.18. The van der Waals surface area contributed by atoms with Crippen LogP contribution in [0.5, 0.6) is 0 Å². The third kappa shape index (κ3) is 2.97. The summed E-state index contributed by atoms with van der Waals surface area (Å²) in [5.41, 5.74) is 1.75. The lowest BCUT2D eigenvalue weighted by atomic mass is 10.1. The van der Waals surface area contributed by atoms with E-state index in [1.165, 1.54) is 5.56 Å². The summed E-state index contributed by atoms with van der Waals surface area (Å²) < 4.78 is 14.3. The first-order valence-corrected chi connectivity index (χ1v) is 6.40. The molecular weight excluding hydrogens is 273 g/mol. The molecule has 0 N–H and O–H groups in total. The van der Waals surface area contributed by atoms with Crippen LogP contribution in [0.2, 0.25) is 0 Å². The quantitative estimate of drug-likeness (QED) is 0.687. The van der Waals surface area contributed by atoms with E-state index in [0.717, 1.165) is 11.8 Å². The molecule has 0 fully saturated rings. The fraction of sp³-hybridized carbons (Fsp3) is 0.118. The van der Waals surface area contributed by atoms with Crippen molar-refractivity contribution in [3.8, 4) is 0 Å². The van der Waals surface area contributed by atoms with E-state index in [1.54, 1.807) is 12.3 Å². The first kappa shape index (κ1) is 14.5. The van der Waals surface area contributed by atoms with Gasteiger partial charge in [-0.15, -0.1) is 12.4 Å². The molecule has 3 aromatic rings. The highest BCUT2D eigenvalue weighted by Gasteiger charge is 2.08. The number of nitrogens with zero attached hydrogens (tertiary/aromatic N) is 1. The summed E-state index contributed by atoms with van der Waals surface area (Å²) >= 11 is 0. The van der Waals surface area contributed by atoms with Crippen LogP contribution in [0.15, 0.2) is 60.8 Å². The third-order valence-electron chi connectivity index (χ3n) is 3.30. The normalized spacial score (nSPS) is 10.2. The highest BCUT2D eigenvalue weighted by molar-refractivity contribution is 5.85. The molecule has 0 aliphatic carbocycles. The lowest BCUT2D eigenvalue weighted by Crippen LogP contribution is -1.99. The van der Waals surface area contributed by atoms with E-state index in [4.69, 9.17) is 0 Å². The van der Waals surface area contributed by atoms with E-state index >= 15 is 0 Å². The lowest BCUT2D eigenvalue weighted by Gasteiger charge is -2.05. The molecule has 2 aromatic carbocycles. The summed E-state index contributed by atoms with van der Waals surface area (Å²) in [5, 5.41) is 1.50. The van der Waals surface area contributed by atoms with Gasteiger partial charge in [0.25, 0.3) is 0 Å². The summed E-state index contributed by atoms with van der Waals surface area (Å²) in [6, 6.07) is 17.5. The number of aryl methyl sites for hydroxylation is 2. The lowest BCUT2D eigenvalue weighted by molar-refractivity contribution is 0.610. The maximum Gasteiger partial charge on any atom is 0.152 e. The van der Waals surface area contributed by atoms with Crippen molar-refractivity contribution in [1.82, 2.24) is 4.98 Å². The second-order valence-electron chi connectivity index (χ2n) is 4.59. The van der Waals surface area contributed by atoms with Gasteiger partial charge in [0, 0.05) is 17.0 Å². The number of rotatable bonds is 3. The molecule has 20 heavy (non-hydrogen) atoms. The van der Waals surface area contributed by atoms with Crippen LogP contribution in [0.25, 0.3) is 10.8 Å². The van der Waals surface area contributed by atoms with Crippen LogP contribution in [0.4, 0.5) is 4.39 Å². The molecule has 0 aliphatic rings. The summed E-state index contributed by atoms with van der Waals surface area (Å²) in [4.78, 5) is 4.25. The van der Waals surface area contributed by atoms with Gasteiger partial charge in [-0.2, -0.15) is 0 Å². The first-order chi connectivity index (χ1) is 9.34. The monoisotopic (exact) mass is 287 g/mol. The van der Waals surface area contributed by atoms with E-state index in [2.05, 4.69) is 17.1 Å². The average molecular weight is 288 g/mol. The zero-order valence-corrected chi connectivity index (χ0v) is 11.7. The molecule has 0 atom stereocenters. The second-order valence-corrected chi connectivity index (χ2v) is 4.59. The topological polar surface area (TPSA) is 12.9 Å². The zero-order chi connectivity index (χ0) is 13.1. The van der Waals surface area contributed by atoms with E-state index in [1.807, 2.05) is 36.4 Å². The number of hydrogen-bond acceptors (Lipinski definition) is 1. The Bertz CT molecular complexity index is 698. The van der Waals surface area contributed by atoms with Crippen molar-refractivity contribution in [3.05, 3.63) is 77.9 Å². The van der Waals surface area contributed by atoms with Crippen molar-refractivity contribution < 1.29 is 4.39 Å². The Morgan fingerprint density at radius 3 is 2.35 bits per heavy atom. The number of benzene rings is 2. The third-order valence-corrected chi connectivity index (χ3v) is 3.30. The molecular formula is C17H15ClFN. The van der Waals surface area contributed by atoms with Gasteiger partial charge in [-0.05, 0) is 18.4 Å². The Kier molecular flexibility index (Phi) is 4.70. The minimum atomic E-state index is -0.186. The standard InChI is InChI=1S/C17H14FN.ClH/c18-17-15-9-5-4-8-14(15)12-19-16(17)11-10-13-6-2-1-3-7-13;/h1-9,12H,10-11H2;1H. The Morgan fingerprint density at radius 2 is 1.55 bits per heavy atom. The molecule has 102 valence electrons. The van der Waals surface area contributed by atoms with Crippen molar-refractivity contribution >= 4 is 23.2 Å². The molecule has 0 aliphatic heterocycles. The fourth-order valence-corrected chi connectivity index (χ4v) is 2.25. The van der Waals surface area contributed by atoms with Crippen LogP contribution >= 0.6 is 12.4 Å². The van der Waals surface area contributed by atoms with Gasteiger partial charge in [0.05, 0.1) is 5.69 Å². The molecule has 3 rings (SSSR count). The van der Waals surface area contributed by atoms with Gasteiger partial charge in [0.2, 0.25) is 0 Å². The minimum absolute atomic E-state index is 0. The second kappa shape index (κ2) is 6.49. The van der Waals surface area contributed by atoms with Crippen molar-refractivity contribution in [2.75, 3.05) is 0 Å². The Hall–Kier alpha value is -1.93. The molecule has 0 bridgehead atoms. The van der Waals surface area contributed by atoms with Gasteiger partial charge in [-0.1, -0.05) is 54.6 Å². The Morgan fingerprint density at radius 1 is 0.850 bits per heavy atom. The molecule has 1 heterocycles. The molecule has 1 nitrogen and oxygen atoms in total. The summed E-state index contributed by atoms with van der Waals surface area (Å²) in [6.45, 7) is 0. The van der Waals surface area contributed by atoms with Crippen LogP contribution in [0.1, 0.15) is 11.3 Å². The summed E-state index contributed by atoms with van der Waals surface area (Å²) in [7, 11) is 0. The number of aromatic nitrogens is 1. The molecule has 1 aromatic heterocycles. The van der Waals surface area contributed by atoms with Gasteiger partial charge in [0.1, 0.15) is 0 Å². The van der Waals surface area contributed by atoms with Crippen molar-refractivity contribution in [2.24, 2.45) is 0 Å². The SMILES string of the molecule is Cl.Fc1c(CCc2ccccc2)ncc2ccccc12. The largest absolute Gasteiger partial charge is 0.258 e. The fourth-order valence-electron chi connectivity index (χ4n) is 2.25. The highest BCUT2D eigenvalue weighted by Crippen LogP contribution is 2.19. The van der Waals surface area contributed by atoms with Gasteiger partial charge < -0.3 is 0 Å². The maximum atomic E-state index is 14.3. The van der Waals surface area contributed by atoms with E-state index in [9.17, 15) is 4.39 Å². The van der Waals surface area contributed by atoms with Crippen molar-refractivity contribution in [2.45, 2.75) is 12.8 Å². The van der Waals surface area contributed by atoms with Gasteiger partial charge in [0.15, 0.2) is 5.82 Å². The minimum Gasteiger partial charge on any atom is -0.258 e. The van der Waals surface area contributed by atoms with Gasteiger partial charge in [-0.25, -0.2) is 4.39 Å². The Balaban J connectivity index is 0.00000147. The number of halogens is 2. The molecule has 0 saturated carbocycles. The number of pyridine rings is 1. The molecule has 0 radical (unpaired) electrons. The van der Waals surface area contributed by atoms with Crippen LogP contribution in [-0.2, 0) is 12.8 Å². The summed E-state index contributed by atoms with van der Waals surface area (Å²) in [5.74, 6) is -0.186. The first-order valence-electron chi connectivity index (χ1n) is 6.40. The maximum absolute atomic E-state index is 14.3. The molecule has 0 unspecified atom stereocenters. The van der Waals surface area contributed by atoms with Crippen LogP contribution in [-0.4, -0.2) is 4.98 Å². The van der Waals surface area contributed by atoms with Crippen molar-refractivity contribution in [3.63, 3.8) is 0 Å². The molecule has 0 spiro atoms. The Labute approximate surface area is 123 Å². The average Bonchev–Trinajstić information content (AvgIpc) is 2.48. The number of fused-ring (bicyclic) bond motifs is 1. The molecule has 0 saturated heterocycles. The molecule has 3 heteroatoms. The van der Waals surface area contributed by atoms with Crippen LogP contribution in [0, 0.1) is 5.82 Å². The molecule has 0 amide bonds. The van der Waals surface area contributed by atoms with E-state index in [0.29, 0.717) is 17.5 Å². The van der Waals surface area contributed by atoms with Crippen molar-refractivity contribution in [1.29, 1.82) is 0 Å². The highest BCUT2D eigenvalue weighted by atomic mass is 35.5. The van der Waals surface area contributed by atoms with E-state index < -0.39 is 0 Å². The predicted octanol–water partition coefficient (Wildman–Crippen LogP) is 4.58. The smallest absolute Gasteiger partial charge is 0.152 e. The van der Waals surface area contributed by atoms with Gasteiger partial charge >= 0.3 is 0 Å². The zero-order valence-electron chi connectivity index (χ0n) is 10.9. The number of hydrogen-bond donors (Lipinski definition) is 0. The van der Waals surface area contributed by atoms with E-state index in [-0.39, 0.29) is 18.2 Å².